The Morgan fingerprint density at radius 2 is 1.79 bits per heavy atom. The van der Waals surface area contributed by atoms with E-state index >= 15 is 0 Å². The zero-order valence-electron chi connectivity index (χ0n) is 9.16. The van der Waals surface area contributed by atoms with Crippen LogP contribution >= 0.6 is 0 Å². The van der Waals surface area contributed by atoms with Gasteiger partial charge in [0.15, 0.2) is 0 Å². The Morgan fingerprint density at radius 3 is 2.14 bits per heavy atom. The number of hydrogen-bond donors (Lipinski definition) is 2. The van der Waals surface area contributed by atoms with Crippen molar-refractivity contribution in [1.29, 1.82) is 0 Å². The van der Waals surface area contributed by atoms with Crippen LogP contribution in [0.25, 0.3) is 0 Å². The highest BCUT2D eigenvalue weighted by atomic mass is 32.2. The molecule has 0 bridgehead atoms. The SMILES string of the molecule is CCC(N)CNS(=O)(=O)N(CC)CC. The lowest BCUT2D eigenvalue weighted by Crippen LogP contribution is -2.45. The van der Waals surface area contributed by atoms with Crippen LogP contribution in [-0.4, -0.2) is 38.4 Å². The van der Waals surface area contributed by atoms with E-state index in [0.29, 0.717) is 19.6 Å². The standard InChI is InChI=1S/C8H21N3O2S/c1-4-8(9)7-10-14(12,13)11(5-2)6-3/h8,10H,4-7,9H2,1-3H3. The quantitative estimate of drug-likeness (QED) is 0.633. The van der Waals surface area contributed by atoms with Crippen molar-refractivity contribution in [2.75, 3.05) is 19.6 Å². The number of hydrogen-bond acceptors (Lipinski definition) is 3. The summed E-state index contributed by atoms with van der Waals surface area (Å²) < 4.78 is 27.0. The van der Waals surface area contributed by atoms with E-state index in [0.717, 1.165) is 6.42 Å². The Labute approximate surface area is 86.8 Å². The fraction of sp³-hybridized carbons (Fsp3) is 1.00. The van der Waals surface area contributed by atoms with Crippen LogP contribution < -0.4 is 10.5 Å². The zero-order chi connectivity index (χ0) is 11.2. The molecule has 3 N–H and O–H groups in total. The lowest BCUT2D eigenvalue weighted by Gasteiger charge is -2.20. The van der Waals surface area contributed by atoms with Crippen LogP contribution in [0.15, 0.2) is 0 Å². The molecule has 0 aliphatic carbocycles. The summed E-state index contributed by atoms with van der Waals surface area (Å²) >= 11 is 0. The summed E-state index contributed by atoms with van der Waals surface area (Å²) in [5.74, 6) is 0. The van der Waals surface area contributed by atoms with Crippen molar-refractivity contribution in [3.8, 4) is 0 Å². The van der Waals surface area contributed by atoms with Gasteiger partial charge in [-0.3, -0.25) is 0 Å². The van der Waals surface area contributed by atoms with Crippen molar-refractivity contribution >= 4 is 10.2 Å². The predicted octanol–water partition coefficient (Wildman–Crippen LogP) is -0.100. The van der Waals surface area contributed by atoms with Crippen LogP contribution in [0.1, 0.15) is 27.2 Å². The monoisotopic (exact) mass is 223 g/mol. The molecule has 5 nitrogen and oxygen atoms in total. The molecule has 0 aromatic carbocycles. The molecule has 0 aliphatic heterocycles. The summed E-state index contributed by atoms with van der Waals surface area (Å²) in [5.41, 5.74) is 5.62. The van der Waals surface area contributed by atoms with Crippen LogP contribution in [0, 0.1) is 0 Å². The summed E-state index contributed by atoms with van der Waals surface area (Å²) in [5, 5.41) is 0. The Kier molecular flexibility index (Phi) is 6.26. The zero-order valence-corrected chi connectivity index (χ0v) is 9.97. The summed E-state index contributed by atoms with van der Waals surface area (Å²) in [6.45, 7) is 6.80. The summed E-state index contributed by atoms with van der Waals surface area (Å²) in [6.07, 6.45) is 0.765. The Hall–Kier alpha value is -0.170. The minimum Gasteiger partial charge on any atom is -0.327 e. The number of nitrogens with zero attached hydrogens (tertiary/aromatic N) is 1. The van der Waals surface area contributed by atoms with Crippen molar-refractivity contribution in [1.82, 2.24) is 9.03 Å². The fourth-order valence-electron chi connectivity index (χ4n) is 1.01. The van der Waals surface area contributed by atoms with Gasteiger partial charge in [-0.1, -0.05) is 20.8 Å². The molecule has 0 aromatic rings. The van der Waals surface area contributed by atoms with E-state index in [9.17, 15) is 8.42 Å². The number of nitrogens with two attached hydrogens (primary N) is 1. The maximum atomic E-state index is 11.6. The molecule has 0 heterocycles. The number of nitrogens with one attached hydrogen (secondary N) is 1. The first kappa shape index (κ1) is 13.8. The first-order valence-electron chi connectivity index (χ1n) is 4.98. The van der Waals surface area contributed by atoms with Gasteiger partial charge in [-0.05, 0) is 6.42 Å². The van der Waals surface area contributed by atoms with Crippen molar-refractivity contribution in [2.24, 2.45) is 5.73 Å². The highest BCUT2D eigenvalue weighted by molar-refractivity contribution is 7.87. The van der Waals surface area contributed by atoms with Gasteiger partial charge in [-0.25, -0.2) is 4.72 Å². The van der Waals surface area contributed by atoms with Gasteiger partial charge in [0.25, 0.3) is 10.2 Å². The van der Waals surface area contributed by atoms with Crippen LogP contribution in [-0.2, 0) is 10.2 Å². The predicted molar refractivity (Wildman–Crippen MR) is 58.1 cm³/mol. The largest absolute Gasteiger partial charge is 0.327 e. The topological polar surface area (TPSA) is 75.4 Å². The Balaban J connectivity index is 4.20. The minimum atomic E-state index is -3.32. The second kappa shape index (κ2) is 6.34. The van der Waals surface area contributed by atoms with Crippen molar-refractivity contribution in [3.63, 3.8) is 0 Å². The molecule has 0 saturated carbocycles. The molecular formula is C8H21N3O2S. The second-order valence-corrected chi connectivity index (χ2v) is 4.86. The molecular weight excluding hydrogens is 202 g/mol. The molecule has 0 spiro atoms. The molecule has 0 aliphatic rings. The molecule has 0 saturated heterocycles. The van der Waals surface area contributed by atoms with Crippen LogP contribution in [0.3, 0.4) is 0 Å². The molecule has 86 valence electrons. The fourth-order valence-corrected chi connectivity index (χ4v) is 2.30. The Morgan fingerprint density at radius 1 is 1.29 bits per heavy atom. The highest BCUT2D eigenvalue weighted by Gasteiger charge is 2.18. The third-order valence-corrected chi connectivity index (χ3v) is 3.83. The minimum absolute atomic E-state index is 0.111. The van der Waals surface area contributed by atoms with Crippen molar-refractivity contribution < 1.29 is 8.42 Å². The van der Waals surface area contributed by atoms with Crippen LogP contribution in [0.5, 0.6) is 0 Å². The molecule has 14 heavy (non-hydrogen) atoms. The maximum absolute atomic E-state index is 11.6. The first-order chi connectivity index (χ1) is 6.47. The maximum Gasteiger partial charge on any atom is 0.279 e. The van der Waals surface area contributed by atoms with Gasteiger partial charge in [0.1, 0.15) is 0 Å². The molecule has 0 radical (unpaired) electrons. The molecule has 6 heteroatoms. The third-order valence-electron chi connectivity index (χ3n) is 2.10. The average molecular weight is 223 g/mol. The average Bonchev–Trinajstić information content (AvgIpc) is 2.15. The normalized spacial score (nSPS) is 14.6. The van der Waals surface area contributed by atoms with E-state index < -0.39 is 10.2 Å². The van der Waals surface area contributed by atoms with Gasteiger partial charge in [-0.15, -0.1) is 0 Å². The lowest BCUT2D eigenvalue weighted by molar-refractivity contribution is 0.431. The molecule has 0 rings (SSSR count). The van der Waals surface area contributed by atoms with Gasteiger partial charge in [0.05, 0.1) is 0 Å². The summed E-state index contributed by atoms with van der Waals surface area (Å²) in [7, 11) is -3.32. The van der Waals surface area contributed by atoms with E-state index in [1.54, 1.807) is 0 Å². The van der Waals surface area contributed by atoms with Gasteiger partial charge in [0.2, 0.25) is 0 Å². The van der Waals surface area contributed by atoms with E-state index in [-0.39, 0.29) is 6.04 Å². The third kappa shape index (κ3) is 4.36. The lowest BCUT2D eigenvalue weighted by atomic mass is 10.2. The van der Waals surface area contributed by atoms with Gasteiger partial charge in [0, 0.05) is 25.7 Å². The summed E-state index contributed by atoms with van der Waals surface area (Å²) in [6, 6.07) is -0.111. The summed E-state index contributed by atoms with van der Waals surface area (Å²) in [4.78, 5) is 0. The first-order valence-corrected chi connectivity index (χ1v) is 6.42. The van der Waals surface area contributed by atoms with E-state index in [4.69, 9.17) is 5.73 Å². The van der Waals surface area contributed by atoms with E-state index in [1.165, 1.54) is 4.31 Å². The van der Waals surface area contributed by atoms with E-state index in [2.05, 4.69) is 4.72 Å². The van der Waals surface area contributed by atoms with Crippen LogP contribution in [0.4, 0.5) is 0 Å². The Bertz CT molecular complexity index is 237. The smallest absolute Gasteiger partial charge is 0.279 e. The highest BCUT2D eigenvalue weighted by Crippen LogP contribution is 1.96. The van der Waals surface area contributed by atoms with Gasteiger partial charge >= 0.3 is 0 Å². The van der Waals surface area contributed by atoms with Crippen molar-refractivity contribution in [2.45, 2.75) is 33.2 Å². The van der Waals surface area contributed by atoms with Gasteiger partial charge < -0.3 is 5.73 Å². The van der Waals surface area contributed by atoms with E-state index in [1.807, 2.05) is 20.8 Å². The van der Waals surface area contributed by atoms with Crippen LogP contribution in [0.2, 0.25) is 0 Å². The number of rotatable bonds is 7. The molecule has 0 amide bonds. The molecule has 0 fully saturated rings. The van der Waals surface area contributed by atoms with Crippen molar-refractivity contribution in [3.05, 3.63) is 0 Å². The molecule has 1 atom stereocenters. The van der Waals surface area contributed by atoms with Gasteiger partial charge in [-0.2, -0.15) is 12.7 Å². The second-order valence-electron chi connectivity index (χ2n) is 3.11. The molecule has 1 unspecified atom stereocenters. The molecule has 0 aromatic heterocycles.